The monoisotopic (exact) mass is 236 g/mol. The second-order valence-corrected chi connectivity index (χ2v) is 4.91. The van der Waals surface area contributed by atoms with Gasteiger partial charge in [0.15, 0.2) is 0 Å². The highest BCUT2D eigenvalue weighted by Gasteiger charge is 2.09. The van der Waals surface area contributed by atoms with Crippen LogP contribution in [0.2, 0.25) is 0 Å². The number of aryl methyl sites for hydroxylation is 1. The topological polar surface area (TPSA) is 56.7 Å². The molecule has 0 aliphatic heterocycles. The predicted molar refractivity (Wildman–Crippen MR) is 66.2 cm³/mol. The van der Waals surface area contributed by atoms with Crippen LogP contribution >= 0.6 is 11.3 Å². The van der Waals surface area contributed by atoms with E-state index in [1.165, 1.54) is 0 Å². The van der Waals surface area contributed by atoms with Gasteiger partial charge in [-0.25, -0.2) is 4.98 Å². The SMILES string of the molecule is CCCn1cc(-c2ncc(C(C)N)s2)cn1. The largest absolute Gasteiger partial charge is 0.323 e. The summed E-state index contributed by atoms with van der Waals surface area (Å²) in [5, 5.41) is 5.28. The molecule has 0 amide bonds. The van der Waals surface area contributed by atoms with E-state index in [-0.39, 0.29) is 6.04 Å². The summed E-state index contributed by atoms with van der Waals surface area (Å²) in [6.45, 7) is 5.06. The first-order chi connectivity index (χ1) is 7.70. The van der Waals surface area contributed by atoms with Crippen molar-refractivity contribution in [3.05, 3.63) is 23.5 Å². The molecule has 0 bridgehead atoms. The summed E-state index contributed by atoms with van der Waals surface area (Å²) in [6.07, 6.45) is 6.83. The van der Waals surface area contributed by atoms with Crippen LogP contribution in [0.5, 0.6) is 0 Å². The van der Waals surface area contributed by atoms with Crippen molar-refractivity contribution in [2.45, 2.75) is 32.9 Å². The molecule has 0 saturated heterocycles. The molecule has 0 fully saturated rings. The van der Waals surface area contributed by atoms with E-state index in [1.807, 2.05) is 30.2 Å². The zero-order chi connectivity index (χ0) is 11.5. The lowest BCUT2D eigenvalue weighted by Gasteiger charge is -1.96. The van der Waals surface area contributed by atoms with Gasteiger partial charge in [0.1, 0.15) is 5.01 Å². The third-order valence-corrected chi connectivity index (χ3v) is 3.55. The van der Waals surface area contributed by atoms with Crippen LogP contribution in [-0.4, -0.2) is 14.8 Å². The number of hydrogen-bond acceptors (Lipinski definition) is 4. The molecule has 2 rings (SSSR count). The zero-order valence-corrected chi connectivity index (χ0v) is 10.4. The van der Waals surface area contributed by atoms with Crippen LogP contribution in [0.15, 0.2) is 18.6 Å². The van der Waals surface area contributed by atoms with Gasteiger partial charge in [0.2, 0.25) is 0 Å². The molecule has 2 aromatic heterocycles. The minimum absolute atomic E-state index is 0.0527. The van der Waals surface area contributed by atoms with Crippen LogP contribution in [0.4, 0.5) is 0 Å². The van der Waals surface area contributed by atoms with Crippen molar-refractivity contribution in [1.29, 1.82) is 0 Å². The Balaban J connectivity index is 2.21. The molecule has 1 atom stereocenters. The van der Waals surface area contributed by atoms with Gasteiger partial charge >= 0.3 is 0 Å². The molecule has 2 N–H and O–H groups in total. The summed E-state index contributed by atoms with van der Waals surface area (Å²) in [7, 11) is 0. The molecular weight excluding hydrogens is 220 g/mol. The lowest BCUT2D eigenvalue weighted by molar-refractivity contribution is 0.603. The van der Waals surface area contributed by atoms with Crippen LogP contribution in [0.25, 0.3) is 10.6 Å². The molecule has 2 aromatic rings. The quantitative estimate of drug-likeness (QED) is 0.887. The minimum Gasteiger partial charge on any atom is -0.323 e. The highest BCUT2D eigenvalue weighted by Crippen LogP contribution is 2.27. The van der Waals surface area contributed by atoms with Crippen molar-refractivity contribution in [3.8, 4) is 10.6 Å². The van der Waals surface area contributed by atoms with Crippen molar-refractivity contribution in [3.63, 3.8) is 0 Å². The maximum atomic E-state index is 5.81. The van der Waals surface area contributed by atoms with E-state index in [1.54, 1.807) is 11.3 Å². The molecule has 2 heterocycles. The smallest absolute Gasteiger partial charge is 0.126 e. The number of aromatic nitrogens is 3. The van der Waals surface area contributed by atoms with E-state index in [0.717, 1.165) is 28.4 Å². The summed E-state index contributed by atoms with van der Waals surface area (Å²) >= 11 is 1.64. The molecule has 0 radical (unpaired) electrons. The number of nitrogens with zero attached hydrogens (tertiary/aromatic N) is 3. The summed E-state index contributed by atoms with van der Waals surface area (Å²) in [4.78, 5) is 5.48. The normalized spacial score (nSPS) is 12.9. The highest BCUT2D eigenvalue weighted by atomic mass is 32.1. The van der Waals surface area contributed by atoms with Crippen molar-refractivity contribution in [1.82, 2.24) is 14.8 Å². The van der Waals surface area contributed by atoms with Gasteiger partial charge in [0.05, 0.1) is 6.20 Å². The Morgan fingerprint density at radius 2 is 2.31 bits per heavy atom. The summed E-state index contributed by atoms with van der Waals surface area (Å²) in [5.41, 5.74) is 6.88. The maximum absolute atomic E-state index is 5.81. The zero-order valence-electron chi connectivity index (χ0n) is 9.55. The molecule has 0 saturated carbocycles. The number of hydrogen-bond donors (Lipinski definition) is 1. The molecule has 4 nitrogen and oxygen atoms in total. The van der Waals surface area contributed by atoms with Crippen molar-refractivity contribution < 1.29 is 0 Å². The number of rotatable bonds is 4. The molecule has 0 aromatic carbocycles. The molecule has 0 aliphatic rings. The van der Waals surface area contributed by atoms with Gasteiger partial charge in [-0.2, -0.15) is 5.10 Å². The van der Waals surface area contributed by atoms with Gasteiger partial charge < -0.3 is 5.73 Å². The average molecular weight is 236 g/mol. The number of thiazole rings is 1. The third kappa shape index (κ3) is 2.31. The Labute approximate surface area is 99.1 Å². The van der Waals surface area contributed by atoms with Crippen molar-refractivity contribution in [2.75, 3.05) is 0 Å². The van der Waals surface area contributed by atoms with Crippen LogP contribution in [0, 0.1) is 0 Å². The molecule has 0 aliphatic carbocycles. The fraction of sp³-hybridized carbons (Fsp3) is 0.455. The van der Waals surface area contributed by atoms with Crippen LogP contribution in [0.3, 0.4) is 0 Å². The van der Waals surface area contributed by atoms with Gasteiger partial charge in [0, 0.05) is 35.4 Å². The molecule has 0 spiro atoms. The van der Waals surface area contributed by atoms with Crippen LogP contribution < -0.4 is 5.73 Å². The fourth-order valence-electron chi connectivity index (χ4n) is 1.46. The van der Waals surface area contributed by atoms with Gasteiger partial charge in [0.25, 0.3) is 0 Å². The average Bonchev–Trinajstić information content (AvgIpc) is 2.84. The Morgan fingerprint density at radius 3 is 2.94 bits per heavy atom. The molecule has 5 heteroatoms. The first kappa shape index (κ1) is 11.3. The molecule has 16 heavy (non-hydrogen) atoms. The third-order valence-electron chi connectivity index (χ3n) is 2.31. The highest BCUT2D eigenvalue weighted by molar-refractivity contribution is 7.15. The maximum Gasteiger partial charge on any atom is 0.126 e. The first-order valence-electron chi connectivity index (χ1n) is 5.45. The summed E-state index contributed by atoms with van der Waals surface area (Å²) in [6, 6.07) is 0.0527. The van der Waals surface area contributed by atoms with Crippen LogP contribution in [0.1, 0.15) is 31.2 Å². The number of nitrogens with two attached hydrogens (primary N) is 1. The second kappa shape index (κ2) is 4.76. The van der Waals surface area contributed by atoms with E-state index in [2.05, 4.69) is 17.0 Å². The van der Waals surface area contributed by atoms with Gasteiger partial charge in [-0.1, -0.05) is 6.92 Å². The molecular formula is C11H16N4S. The fourth-order valence-corrected chi connectivity index (χ4v) is 2.30. The predicted octanol–water partition coefficient (Wildman–Crippen LogP) is 2.44. The van der Waals surface area contributed by atoms with Crippen LogP contribution in [-0.2, 0) is 6.54 Å². The van der Waals surface area contributed by atoms with Gasteiger partial charge in [-0.05, 0) is 13.3 Å². The van der Waals surface area contributed by atoms with E-state index >= 15 is 0 Å². The minimum atomic E-state index is 0.0527. The van der Waals surface area contributed by atoms with E-state index in [9.17, 15) is 0 Å². The Morgan fingerprint density at radius 1 is 1.50 bits per heavy atom. The van der Waals surface area contributed by atoms with E-state index < -0.39 is 0 Å². The molecule has 86 valence electrons. The lowest BCUT2D eigenvalue weighted by atomic mass is 10.3. The first-order valence-corrected chi connectivity index (χ1v) is 6.26. The second-order valence-electron chi connectivity index (χ2n) is 3.85. The van der Waals surface area contributed by atoms with E-state index in [4.69, 9.17) is 5.73 Å². The standard InChI is InChI=1S/C11H16N4S/c1-3-4-15-7-9(5-14-15)11-13-6-10(16-11)8(2)12/h5-8H,3-4,12H2,1-2H3. The lowest BCUT2D eigenvalue weighted by Crippen LogP contribution is -2.01. The Kier molecular flexibility index (Phi) is 3.36. The Bertz CT molecular complexity index is 458. The van der Waals surface area contributed by atoms with E-state index in [0.29, 0.717) is 0 Å². The van der Waals surface area contributed by atoms with Gasteiger partial charge in [-0.3, -0.25) is 4.68 Å². The van der Waals surface area contributed by atoms with Gasteiger partial charge in [-0.15, -0.1) is 11.3 Å². The summed E-state index contributed by atoms with van der Waals surface area (Å²) < 4.78 is 1.95. The summed E-state index contributed by atoms with van der Waals surface area (Å²) in [5.74, 6) is 0. The van der Waals surface area contributed by atoms with Crippen molar-refractivity contribution >= 4 is 11.3 Å². The Hall–Kier alpha value is -1.20. The van der Waals surface area contributed by atoms with Crippen molar-refractivity contribution in [2.24, 2.45) is 5.73 Å². The molecule has 1 unspecified atom stereocenters.